The second-order valence-corrected chi connectivity index (χ2v) is 12.1. The van der Waals surface area contributed by atoms with E-state index in [4.69, 9.17) is 11.6 Å². The highest BCUT2D eigenvalue weighted by Crippen LogP contribution is 2.42. The fourth-order valence-electron chi connectivity index (χ4n) is 6.61. The highest BCUT2D eigenvalue weighted by Gasteiger charge is 2.36. The van der Waals surface area contributed by atoms with Crippen LogP contribution in [0, 0.1) is 5.92 Å². The summed E-state index contributed by atoms with van der Waals surface area (Å²) in [7, 11) is 0. The van der Waals surface area contributed by atoms with Gasteiger partial charge in [-0.2, -0.15) is 0 Å². The number of hydrogen-bond acceptors (Lipinski definition) is 2. The minimum Gasteiger partial charge on any atom is -0.361 e. The van der Waals surface area contributed by atoms with Crippen LogP contribution in [-0.4, -0.2) is 34.3 Å². The van der Waals surface area contributed by atoms with Gasteiger partial charge < -0.3 is 15.6 Å². The number of halogens is 1. The van der Waals surface area contributed by atoms with Crippen molar-refractivity contribution in [1.82, 2.24) is 15.6 Å². The van der Waals surface area contributed by atoms with Gasteiger partial charge in [0.25, 0.3) is 5.91 Å². The predicted octanol–water partition coefficient (Wildman–Crippen LogP) is 6.34. The Morgan fingerprint density at radius 3 is 2.40 bits per heavy atom. The van der Waals surface area contributed by atoms with E-state index < -0.39 is 0 Å². The van der Waals surface area contributed by atoms with E-state index in [1.807, 2.05) is 18.2 Å². The summed E-state index contributed by atoms with van der Waals surface area (Å²) >= 11 is 6.48. The predicted molar refractivity (Wildman–Crippen MR) is 142 cm³/mol. The number of hydrogen-bond donors (Lipinski definition) is 3. The second kappa shape index (κ2) is 10.5. The van der Waals surface area contributed by atoms with Crippen molar-refractivity contribution in [3.05, 3.63) is 35.5 Å². The van der Waals surface area contributed by atoms with Crippen LogP contribution in [0.5, 0.6) is 0 Å². The van der Waals surface area contributed by atoms with Gasteiger partial charge in [-0.05, 0) is 80.5 Å². The van der Waals surface area contributed by atoms with Crippen LogP contribution in [0.4, 0.5) is 0 Å². The van der Waals surface area contributed by atoms with E-state index >= 15 is 0 Å². The first-order chi connectivity index (χ1) is 16.9. The highest BCUT2D eigenvalue weighted by molar-refractivity contribution is 6.21. The SMILES string of the molecule is CC1(c2c[nH]c3ccc(C(=O)NC4CCCCC4Cl)cc23)CCC(NC(=O)C2CCCCC2)CC1. The lowest BCUT2D eigenvalue weighted by molar-refractivity contribution is -0.127. The van der Waals surface area contributed by atoms with Gasteiger partial charge in [-0.15, -0.1) is 11.6 Å². The molecule has 5 rings (SSSR count). The summed E-state index contributed by atoms with van der Waals surface area (Å²) in [4.78, 5) is 29.2. The van der Waals surface area contributed by atoms with Gasteiger partial charge in [-0.1, -0.05) is 39.0 Å². The molecule has 2 amide bonds. The lowest BCUT2D eigenvalue weighted by Gasteiger charge is -2.38. The summed E-state index contributed by atoms with van der Waals surface area (Å²) in [6, 6.07) is 6.31. The molecule has 1 heterocycles. The molecule has 2 atom stereocenters. The van der Waals surface area contributed by atoms with Gasteiger partial charge in [0.05, 0.1) is 5.38 Å². The number of nitrogens with one attached hydrogen (secondary N) is 3. The van der Waals surface area contributed by atoms with Gasteiger partial charge in [0.1, 0.15) is 0 Å². The molecule has 3 N–H and O–H groups in total. The van der Waals surface area contributed by atoms with Crippen molar-refractivity contribution in [2.45, 2.75) is 113 Å². The maximum atomic E-state index is 13.0. The van der Waals surface area contributed by atoms with Gasteiger partial charge in [0.2, 0.25) is 5.91 Å². The molecule has 1 aromatic heterocycles. The Balaban J connectivity index is 1.25. The molecule has 0 saturated heterocycles. The smallest absolute Gasteiger partial charge is 0.251 e. The van der Waals surface area contributed by atoms with Gasteiger partial charge in [-0.3, -0.25) is 9.59 Å². The van der Waals surface area contributed by atoms with Crippen LogP contribution in [-0.2, 0) is 10.2 Å². The molecule has 2 aromatic rings. The molecule has 0 radical (unpaired) electrons. The van der Waals surface area contributed by atoms with Crippen molar-refractivity contribution in [2.24, 2.45) is 5.92 Å². The fourth-order valence-corrected chi connectivity index (χ4v) is 6.96. The van der Waals surface area contributed by atoms with Gasteiger partial charge >= 0.3 is 0 Å². The Bertz CT molecular complexity index is 1050. The molecule has 6 heteroatoms. The molecule has 35 heavy (non-hydrogen) atoms. The summed E-state index contributed by atoms with van der Waals surface area (Å²) < 4.78 is 0. The number of carbonyl (C=O) groups excluding carboxylic acids is 2. The van der Waals surface area contributed by atoms with Gasteiger partial charge in [0.15, 0.2) is 0 Å². The summed E-state index contributed by atoms with van der Waals surface area (Å²) in [5.41, 5.74) is 3.08. The maximum absolute atomic E-state index is 13.0. The van der Waals surface area contributed by atoms with Gasteiger partial charge in [-0.25, -0.2) is 0 Å². The minimum absolute atomic E-state index is 0.0203. The van der Waals surface area contributed by atoms with Crippen LogP contribution in [0.1, 0.15) is 106 Å². The zero-order chi connectivity index (χ0) is 24.4. The number of aromatic nitrogens is 1. The number of amides is 2. The molecular weight excluding hydrogens is 458 g/mol. The zero-order valence-corrected chi connectivity index (χ0v) is 21.8. The first-order valence-electron chi connectivity index (χ1n) is 13.8. The Morgan fingerprint density at radius 1 is 0.943 bits per heavy atom. The Hall–Kier alpha value is -2.01. The van der Waals surface area contributed by atoms with Crippen molar-refractivity contribution < 1.29 is 9.59 Å². The van der Waals surface area contributed by atoms with Crippen molar-refractivity contribution in [3.63, 3.8) is 0 Å². The molecule has 3 fully saturated rings. The molecule has 2 unspecified atom stereocenters. The third-order valence-electron chi connectivity index (χ3n) is 9.00. The quantitative estimate of drug-likeness (QED) is 0.421. The van der Waals surface area contributed by atoms with Crippen LogP contribution < -0.4 is 10.6 Å². The molecule has 3 aliphatic rings. The molecule has 1 aromatic carbocycles. The topological polar surface area (TPSA) is 74.0 Å². The molecule has 3 saturated carbocycles. The van der Waals surface area contributed by atoms with E-state index in [9.17, 15) is 9.59 Å². The van der Waals surface area contributed by atoms with Crippen LogP contribution in [0.25, 0.3) is 10.9 Å². The van der Waals surface area contributed by atoms with E-state index in [0.717, 1.165) is 75.1 Å². The molecule has 0 aliphatic heterocycles. The van der Waals surface area contributed by atoms with Crippen molar-refractivity contribution >= 4 is 34.3 Å². The van der Waals surface area contributed by atoms with Crippen molar-refractivity contribution in [1.29, 1.82) is 0 Å². The lowest BCUT2D eigenvalue weighted by atomic mass is 9.69. The summed E-state index contributed by atoms with van der Waals surface area (Å²) in [5.74, 6) is 0.465. The summed E-state index contributed by atoms with van der Waals surface area (Å²) in [5, 5.41) is 7.70. The number of alkyl halides is 1. The largest absolute Gasteiger partial charge is 0.361 e. The van der Waals surface area contributed by atoms with E-state index in [-0.39, 0.29) is 40.6 Å². The van der Waals surface area contributed by atoms with Crippen molar-refractivity contribution in [2.75, 3.05) is 0 Å². The zero-order valence-electron chi connectivity index (χ0n) is 21.0. The second-order valence-electron chi connectivity index (χ2n) is 11.5. The van der Waals surface area contributed by atoms with E-state index in [0.29, 0.717) is 5.56 Å². The Labute approximate surface area is 214 Å². The lowest BCUT2D eigenvalue weighted by Crippen LogP contribution is -2.43. The first kappa shape index (κ1) is 24.7. The average Bonchev–Trinajstić information content (AvgIpc) is 3.32. The number of rotatable bonds is 5. The fraction of sp³-hybridized carbons (Fsp3) is 0.655. The van der Waals surface area contributed by atoms with E-state index in [2.05, 4.69) is 28.7 Å². The highest BCUT2D eigenvalue weighted by atomic mass is 35.5. The molecule has 3 aliphatic carbocycles. The third-order valence-corrected chi connectivity index (χ3v) is 9.53. The third kappa shape index (κ3) is 5.40. The van der Waals surface area contributed by atoms with E-state index in [1.54, 1.807) is 0 Å². The van der Waals surface area contributed by atoms with Crippen LogP contribution in [0.3, 0.4) is 0 Å². The average molecular weight is 498 g/mol. The number of fused-ring (bicyclic) bond motifs is 1. The van der Waals surface area contributed by atoms with Crippen LogP contribution in [0.2, 0.25) is 0 Å². The summed E-state index contributed by atoms with van der Waals surface area (Å²) in [6.45, 7) is 2.33. The maximum Gasteiger partial charge on any atom is 0.251 e. The molecular formula is C29H40ClN3O2. The Morgan fingerprint density at radius 2 is 1.66 bits per heavy atom. The van der Waals surface area contributed by atoms with Crippen molar-refractivity contribution in [3.8, 4) is 0 Å². The van der Waals surface area contributed by atoms with Crippen LogP contribution in [0.15, 0.2) is 24.4 Å². The normalized spacial score (nSPS) is 30.2. The molecule has 0 spiro atoms. The molecule has 5 nitrogen and oxygen atoms in total. The number of benzene rings is 1. The number of H-pyrrole nitrogens is 1. The number of aromatic amines is 1. The summed E-state index contributed by atoms with van der Waals surface area (Å²) in [6.07, 6.45) is 16.1. The Kier molecular flexibility index (Phi) is 7.43. The van der Waals surface area contributed by atoms with Crippen LogP contribution >= 0.6 is 11.6 Å². The number of carbonyl (C=O) groups is 2. The molecule has 0 bridgehead atoms. The minimum atomic E-state index is -0.0316. The standard InChI is InChI=1S/C29H40ClN3O2/c1-29(15-13-21(14-16-29)32-27(34)19-7-3-2-4-8-19)23-18-31-25-12-11-20(17-22(23)25)28(35)33-26-10-6-5-9-24(26)30/h11-12,17-19,21,24,26,31H,2-10,13-16H2,1H3,(H,32,34)(H,33,35). The van der Waals surface area contributed by atoms with Gasteiger partial charge in [0, 0.05) is 40.7 Å². The first-order valence-corrected chi connectivity index (χ1v) is 14.2. The van der Waals surface area contributed by atoms with E-state index in [1.165, 1.54) is 24.8 Å². The molecule has 190 valence electrons. The monoisotopic (exact) mass is 497 g/mol.